The Hall–Kier alpha value is -2.87. The fraction of sp³-hybridized carbons (Fsp3) is 0.111. The van der Waals surface area contributed by atoms with Crippen LogP contribution in [0, 0.1) is 17.5 Å². The van der Waals surface area contributed by atoms with Crippen LogP contribution < -0.4 is 5.32 Å². The summed E-state index contributed by atoms with van der Waals surface area (Å²) in [7, 11) is 0. The lowest BCUT2D eigenvalue weighted by atomic mass is 10.2. The van der Waals surface area contributed by atoms with Gasteiger partial charge in [0.25, 0.3) is 5.91 Å². The van der Waals surface area contributed by atoms with Crippen molar-refractivity contribution in [3.8, 4) is 17.0 Å². The molecular formula is C18H13F3N2O2S. The molecule has 0 saturated carbocycles. The summed E-state index contributed by atoms with van der Waals surface area (Å²) in [5.74, 6) is -5.18. The first-order valence-electron chi connectivity index (χ1n) is 7.61. The summed E-state index contributed by atoms with van der Waals surface area (Å²) < 4.78 is 39.6. The first kappa shape index (κ1) is 17.9. The van der Waals surface area contributed by atoms with Crippen molar-refractivity contribution >= 4 is 17.2 Å². The lowest BCUT2D eigenvalue weighted by Gasteiger charge is -2.06. The van der Waals surface area contributed by atoms with E-state index >= 15 is 0 Å². The molecule has 1 heterocycles. The zero-order chi connectivity index (χ0) is 18.7. The number of hydrogen-bond acceptors (Lipinski definition) is 4. The number of phenols is 1. The first-order valence-corrected chi connectivity index (χ1v) is 8.49. The second kappa shape index (κ2) is 7.57. The standard InChI is InChI=1S/C18H13F3N2O2S/c19-13-6-5-12(16(20)17(13)21)18(25)22-8-7-15-23-14(9-26-15)10-1-3-11(24)4-2-10/h1-6,9,24H,7-8H2,(H,22,25). The van der Waals surface area contributed by atoms with Crippen LogP contribution in [0.5, 0.6) is 5.75 Å². The predicted octanol–water partition coefficient (Wildman–Crippen LogP) is 3.91. The number of rotatable bonds is 5. The zero-order valence-corrected chi connectivity index (χ0v) is 14.1. The molecule has 0 radical (unpaired) electrons. The van der Waals surface area contributed by atoms with E-state index in [9.17, 15) is 23.1 Å². The van der Waals surface area contributed by atoms with E-state index in [1.807, 2.05) is 5.38 Å². The second-order valence-electron chi connectivity index (χ2n) is 5.40. The fourth-order valence-corrected chi connectivity index (χ4v) is 3.08. The molecule has 26 heavy (non-hydrogen) atoms. The molecule has 1 aromatic heterocycles. The number of benzene rings is 2. The van der Waals surface area contributed by atoms with E-state index in [4.69, 9.17) is 0 Å². The van der Waals surface area contributed by atoms with Gasteiger partial charge in [-0.25, -0.2) is 18.2 Å². The molecule has 0 atom stereocenters. The summed E-state index contributed by atoms with van der Waals surface area (Å²) in [5, 5.41) is 14.3. The molecular weight excluding hydrogens is 365 g/mol. The van der Waals surface area contributed by atoms with Crippen molar-refractivity contribution in [3.63, 3.8) is 0 Å². The highest BCUT2D eigenvalue weighted by atomic mass is 32.1. The molecule has 3 rings (SSSR count). The van der Waals surface area contributed by atoms with Crippen LogP contribution in [-0.4, -0.2) is 22.5 Å². The number of nitrogens with one attached hydrogen (secondary N) is 1. The summed E-state index contributed by atoms with van der Waals surface area (Å²) in [6.45, 7) is 0.166. The average molecular weight is 378 g/mol. The molecule has 0 aliphatic carbocycles. The minimum absolute atomic E-state index is 0.163. The van der Waals surface area contributed by atoms with Crippen molar-refractivity contribution in [2.45, 2.75) is 6.42 Å². The molecule has 3 aromatic rings. The molecule has 0 aliphatic heterocycles. The SMILES string of the molecule is O=C(NCCc1nc(-c2ccc(O)cc2)cs1)c1ccc(F)c(F)c1F. The van der Waals surface area contributed by atoms with Gasteiger partial charge in [0.05, 0.1) is 16.3 Å². The third-order valence-electron chi connectivity index (χ3n) is 3.62. The molecule has 0 spiro atoms. The summed E-state index contributed by atoms with van der Waals surface area (Å²) in [6, 6.07) is 8.20. The van der Waals surface area contributed by atoms with Crippen LogP contribution in [0.2, 0.25) is 0 Å². The Morgan fingerprint density at radius 3 is 2.54 bits per heavy atom. The van der Waals surface area contributed by atoms with Gasteiger partial charge in [0.1, 0.15) is 5.75 Å². The number of aromatic hydroxyl groups is 1. The van der Waals surface area contributed by atoms with Crippen LogP contribution in [0.25, 0.3) is 11.3 Å². The third kappa shape index (κ3) is 3.85. The van der Waals surface area contributed by atoms with Crippen LogP contribution in [0.1, 0.15) is 15.4 Å². The Morgan fingerprint density at radius 2 is 1.81 bits per heavy atom. The second-order valence-corrected chi connectivity index (χ2v) is 6.34. The van der Waals surface area contributed by atoms with Gasteiger partial charge in [-0.3, -0.25) is 4.79 Å². The highest BCUT2D eigenvalue weighted by Gasteiger charge is 2.18. The van der Waals surface area contributed by atoms with Gasteiger partial charge in [0, 0.05) is 23.9 Å². The van der Waals surface area contributed by atoms with Gasteiger partial charge in [0.2, 0.25) is 0 Å². The maximum Gasteiger partial charge on any atom is 0.254 e. The van der Waals surface area contributed by atoms with Crippen molar-refractivity contribution in [2.24, 2.45) is 0 Å². The quantitative estimate of drug-likeness (QED) is 0.662. The number of carbonyl (C=O) groups is 1. The van der Waals surface area contributed by atoms with Crippen molar-refractivity contribution in [1.82, 2.24) is 10.3 Å². The number of thiazole rings is 1. The number of nitrogens with zero attached hydrogens (tertiary/aromatic N) is 1. The highest BCUT2D eigenvalue weighted by Crippen LogP contribution is 2.24. The average Bonchev–Trinajstić information content (AvgIpc) is 3.09. The maximum atomic E-state index is 13.6. The zero-order valence-electron chi connectivity index (χ0n) is 13.3. The molecule has 0 fully saturated rings. The minimum Gasteiger partial charge on any atom is -0.508 e. The first-order chi connectivity index (χ1) is 12.5. The third-order valence-corrected chi connectivity index (χ3v) is 4.53. The van der Waals surface area contributed by atoms with E-state index in [1.54, 1.807) is 24.3 Å². The fourth-order valence-electron chi connectivity index (χ4n) is 2.27. The van der Waals surface area contributed by atoms with E-state index in [-0.39, 0.29) is 12.3 Å². The lowest BCUT2D eigenvalue weighted by molar-refractivity contribution is 0.0949. The predicted molar refractivity (Wildman–Crippen MR) is 91.6 cm³/mol. The van der Waals surface area contributed by atoms with Crippen LogP contribution in [-0.2, 0) is 6.42 Å². The molecule has 0 saturated heterocycles. The van der Waals surface area contributed by atoms with E-state index in [2.05, 4.69) is 10.3 Å². The summed E-state index contributed by atoms with van der Waals surface area (Å²) >= 11 is 1.40. The van der Waals surface area contributed by atoms with Crippen molar-refractivity contribution in [1.29, 1.82) is 0 Å². The molecule has 134 valence electrons. The number of hydrogen-bond donors (Lipinski definition) is 2. The van der Waals surface area contributed by atoms with Crippen LogP contribution in [0.4, 0.5) is 13.2 Å². The Balaban J connectivity index is 1.59. The molecule has 8 heteroatoms. The highest BCUT2D eigenvalue weighted by molar-refractivity contribution is 7.09. The Morgan fingerprint density at radius 1 is 1.08 bits per heavy atom. The van der Waals surface area contributed by atoms with E-state index in [1.165, 1.54) is 11.3 Å². The Labute approximate surface area is 151 Å². The smallest absolute Gasteiger partial charge is 0.254 e. The van der Waals surface area contributed by atoms with E-state index < -0.39 is 28.9 Å². The van der Waals surface area contributed by atoms with Gasteiger partial charge in [-0.2, -0.15) is 0 Å². The summed E-state index contributed by atoms with van der Waals surface area (Å²) in [6.07, 6.45) is 0.403. The van der Waals surface area contributed by atoms with Gasteiger partial charge >= 0.3 is 0 Å². The Kier molecular flexibility index (Phi) is 5.22. The van der Waals surface area contributed by atoms with Crippen molar-refractivity contribution in [2.75, 3.05) is 6.54 Å². The number of carbonyl (C=O) groups excluding carboxylic acids is 1. The normalized spacial score (nSPS) is 10.7. The molecule has 0 aliphatic rings. The van der Waals surface area contributed by atoms with Crippen LogP contribution in [0.3, 0.4) is 0 Å². The van der Waals surface area contributed by atoms with Crippen LogP contribution >= 0.6 is 11.3 Å². The molecule has 1 amide bonds. The summed E-state index contributed by atoms with van der Waals surface area (Å²) in [5.41, 5.74) is 1.04. The van der Waals surface area contributed by atoms with Gasteiger partial charge in [0.15, 0.2) is 17.5 Å². The molecule has 2 aromatic carbocycles. The van der Waals surface area contributed by atoms with Gasteiger partial charge in [-0.15, -0.1) is 11.3 Å². The van der Waals surface area contributed by atoms with E-state index in [0.29, 0.717) is 12.5 Å². The largest absolute Gasteiger partial charge is 0.508 e. The molecule has 0 unspecified atom stereocenters. The van der Waals surface area contributed by atoms with Crippen molar-refractivity contribution < 1.29 is 23.1 Å². The van der Waals surface area contributed by atoms with Gasteiger partial charge in [-0.05, 0) is 36.4 Å². The molecule has 0 bridgehead atoms. The molecule has 4 nitrogen and oxygen atoms in total. The van der Waals surface area contributed by atoms with Crippen LogP contribution in [0.15, 0.2) is 41.8 Å². The monoisotopic (exact) mass is 378 g/mol. The Bertz CT molecular complexity index is 942. The van der Waals surface area contributed by atoms with Gasteiger partial charge in [-0.1, -0.05) is 0 Å². The maximum absolute atomic E-state index is 13.6. The summed E-state index contributed by atoms with van der Waals surface area (Å²) in [4.78, 5) is 16.3. The number of aromatic nitrogens is 1. The number of halogens is 3. The number of amides is 1. The van der Waals surface area contributed by atoms with Gasteiger partial charge < -0.3 is 10.4 Å². The number of phenolic OH excluding ortho intramolecular Hbond substituents is 1. The van der Waals surface area contributed by atoms with E-state index in [0.717, 1.165) is 22.3 Å². The lowest BCUT2D eigenvalue weighted by Crippen LogP contribution is -2.27. The molecule has 2 N–H and O–H groups in total. The minimum atomic E-state index is -1.67. The topological polar surface area (TPSA) is 62.2 Å². The van der Waals surface area contributed by atoms with Crippen molar-refractivity contribution in [3.05, 3.63) is 69.8 Å².